The summed E-state index contributed by atoms with van der Waals surface area (Å²) in [5.74, 6) is -1.97. The number of para-hydroxylation sites is 1. The number of carbonyl (C=O) groups is 1. The summed E-state index contributed by atoms with van der Waals surface area (Å²) in [6.07, 6.45) is 3.68. The molecule has 0 amide bonds. The average Bonchev–Trinajstić information content (AvgIpc) is 3.10. The molecule has 2 heterocycles. The van der Waals surface area contributed by atoms with Gasteiger partial charge in [0.25, 0.3) is 0 Å². The molecule has 0 aliphatic rings. The number of rotatable bonds is 7. The summed E-state index contributed by atoms with van der Waals surface area (Å²) in [4.78, 5) is 22.3. The van der Waals surface area contributed by atoms with Gasteiger partial charge in [-0.05, 0) is 57.2 Å². The Kier molecular flexibility index (Phi) is 7.49. The standard InChI is InChI=1S/C27H29F2N5O2S/c1-27(2,3)36-22(35)12-16(9-15-10-17(28)13-18(29)11-15)23-21(14-31-26(32-23)37-5)19-7-6-8-20-24(19)34(4)33-25(20)30/h6-8,10-11,13-14,16H,9,12H2,1-5H3,(H2,30,33)/t16-/m1/s1. The van der Waals surface area contributed by atoms with E-state index in [1.54, 1.807) is 38.7 Å². The molecule has 7 nitrogen and oxygen atoms in total. The Morgan fingerprint density at radius 1 is 1.16 bits per heavy atom. The average molecular weight is 526 g/mol. The molecule has 0 spiro atoms. The van der Waals surface area contributed by atoms with E-state index in [1.165, 1.54) is 23.9 Å². The number of thioether (sulfide) groups is 1. The highest BCUT2D eigenvalue weighted by molar-refractivity contribution is 7.98. The molecule has 4 aromatic rings. The molecule has 0 saturated heterocycles. The van der Waals surface area contributed by atoms with Gasteiger partial charge in [0.15, 0.2) is 11.0 Å². The quantitative estimate of drug-likeness (QED) is 0.189. The van der Waals surface area contributed by atoms with Crippen LogP contribution >= 0.6 is 11.8 Å². The Bertz CT molecular complexity index is 1450. The number of esters is 1. The number of halogens is 2. The smallest absolute Gasteiger partial charge is 0.306 e. The number of aryl methyl sites for hydroxylation is 1. The van der Waals surface area contributed by atoms with Gasteiger partial charge in [-0.25, -0.2) is 18.7 Å². The maximum atomic E-state index is 14.1. The summed E-state index contributed by atoms with van der Waals surface area (Å²) in [5, 5.41) is 5.64. The highest BCUT2D eigenvalue weighted by Crippen LogP contribution is 2.37. The summed E-state index contributed by atoms with van der Waals surface area (Å²) >= 11 is 1.36. The van der Waals surface area contributed by atoms with Crippen molar-refractivity contribution in [1.29, 1.82) is 0 Å². The summed E-state index contributed by atoms with van der Waals surface area (Å²) < 4.78 is 35.4. The molecule has 0 aliphatic carbocycles. The third-order valence-corrected chi connectivity index (χ3v) is 6.35. The molecule has 2 N–H and O–H groups in total. The number of hydrogen-bond acceptors (Lipinski definition) is 7. The van der Waals surface area contributed by atoms with Gasteiger partial charge in [0.1, 0.15) is 17.2 Å². The highest BCUT2D eigenvalue weighted by Gasteiger charge is 2.27. The van der Waals surface area contributed by atoms with Crippen molar-refractivity contribution in [2.75, 3.05) is 12.0 Å². The lowest BCUT2D eigenvalue weighted by atomic mass is 9.88. The van der Waals surface area contributed by atoms with Crippen molar-refractivity contribution in [3.05, 3.63) is 65.5 Å². The molecule has 0 radical (unpaired) electrons. The number of fused-ring (bicyclic) bond motifs is 1. The van der Waals surface area contributed by atoms with Crippen LogP contribution in [0.25, 0.3) is 22.0 Å². The molecule has 2 aromatic heterocycles. The van der Waals surface area contributed by atoms with Crippen LogP contribution in [0.2, 0.25) is 0 Å². The number of nitrogen functional groups attached to an aromatic ring is 1. The van der Waals surface area contributed by atoms with Crippen molar-refractivity contribution >= 4 is 34.5 Å². The zero-order valence-corrected chi connectivity index (χ0v) is 22.2. The highest BCUT2D eigenvalue weighted by atomic mass is 32.2. The zero-order chi connectivity index (χ0) is 26.9. The van der Waals surface area contributed by atoms with Gasteiger partial charge in [-0.3, -0.25) is 9.48 Å². The Labute approximate surface area is 218 Å². The molecule has 0 unspecified atom stereocenters. The van der Waals surface area contributed by atoms with E-state index in [-0.39, 0.29) is 12.8 Å². The van der Waals surface area contributed by atoms with E-state index in [0.29, 0.717) is 27.8 Å². The molecule has 0 fully saturated rings. The minimum Gasteiger partial charge on any atom is -0.460 e. The van der Waals surface area contributed by atoms with Crippen LogP contribution in [0.1, 0.15) is 44.4 Å². The first-order chi connectivity index (χ1) is 17.4. The second-order valence-corrected chi connectivity index (χ2v) is 10.6. The van der Waals surface area contributed by atoms with Gasteiger partial charge < -0.3 is 10.5 Å². The summed E-state index contributed by atoms with van der Waals surface area (Å²) in [6.45, 7) is 5.37. The van der Waals surface area contributed by atoms with Gasteiger partial charge in [-0.1, -0.05) is 23.9 Å². The van der Waals surface area contributed by atoms with Crippen molar-refractivity contribution < 1.29 is 18.3 Å². The van der Waals surface area contributed by atoms with E-state index < -0.39 is 29.1 Å². The number of carbonyl (C=O) groups excluding carboxylic acids is 1. The summed E-state index contributed by atoms with van der Waals surface area (Å²) in [6, 6.07) is 9.02. The number of ether oxygens (including phenoxy) is 1. The van der Waals surface area contributed by atoms with Crippen LogP contribution in [0, 0.1) is 11.6 Å². The third-order valence-electron chi connectivity index (χ3n) is 5.79. The number of aromatic nitrogens is 4. The zero-order valence-electron chi connectivity index (χ0n) is 21.4. The number of benzene rings is 2. The molecule has 4 rings (SSSR count). The third kappa shape index (κ3) is 6.07. The fourth-order valence-electron chi connectivity index (χ4n) is 4.44. The minimum atomic E-state index is -0.691. The molecule has 10 heteroatoms. The van der Waals surface area contributed by atoms with Crippen LogP contribution < -0.4 is 5.73 Å². The minimum absolute atomic E-state index is 0.0449. The Balaban J connectivity index is 1.89. The van der Waals surface area contributed by atoms with Gasteiger partial charge in [0.2, 0.25) is 0 Å². The van der Waals surface area contributed by atoms with Crippen LogP contribution in [0.5, 0.6) is 0 Å². The molecule has 1 atom stereocenters. The maximum Gasteiger partial charge on any atom is 0.306 e. The summed E-state index contributed by atoms with van der Waals surface area (Å²) in [7, 11) is 1.80. The first kappa shape index (κ1) is 26.5. The topological polar surface area (TPSA) is 95.9 Å². The van der Waals surface area contributed by atoms with Gasteiger partial charge in [-0.15, -0.1) is 0 Å². The Hall–Kier alpha value is -3.53. The summed E-state index contributed by atoms with van der Waals surface area (Å²) in [5.41, 5.74) is 8.66. The first-order valence-corrected chi connectivity index (χ1v) is 13.0. The van der Waals surface area contributed by atoms with Crippen molar-refractivity contribution in [1.82, 2.24) is 19.7 Å². The number of nitrogens with two attached hydrogens (primary N) is 1. The Morgan fingerprint density at radius 3 is 2.51 bits per heavy atom. The predicted molar refractivity (Wildman–Crippen MR) is 141 cm³/mol. The molecular formula is C27H29F2N5O2S. The van der Waals surface area contributed by atoms with E-state index in [9.17, 15) is 13.6 Å². The van der Waals surface area contributed by atoms with Crippen molar-refractivity contribution in [3.8, 4) is 11.1 Å². The van der Waals surface area contributed by atoms with Crippen molar-refractivity contribution in [2.24, 2.45) is 7.05 Å². The van der Waals surface area contributed by atoms with Crippen molar-refractivity contribution in [2.45, 2.75) is 50.3 Å². The van der Waals surface area contributed by atoms with E-state index in [0.717, 1.165) is 22.5 Å². The second kappa shape index (κ2) is 10.5. The lowest BCUT2D eigenvalue weighted by Gasteiger charge is -2.24. The predicted octanol–water partition coefficient (Wildman–Crippen LogP) is 5.67. The molecular weight excluding hydrogens is 496 g/mol. The van der Waals surface area contributed by atoms with E-state index in [1.807, 2.05) is 24.5 Å². The van der Waals surface area contributed by atoms with Gasteiger partial charge in [0, 0.05) is 41.7 Å². The van der Waals surface area contributed by atoms with E-state index in [4.69, 9.17) is 15.5 Å². The van der Waals surface area contributed by atoms with Crippen molar-refractivity contribution in [3.63, 3.8) is 0 Å². The number of anilines is 1. The maximum absolute atomic E-state index is 14.1. The molecule has 2 aromatic carbocycles. The molecule has 0 bridgehead atoms. The number of hydrogen-bond donors (Lipinski definition) is 1. The normalized spacial score (nSPS) is 12.6. The van der Waals surface area contributed by atoms with Crippen LogP contribution in [0.4, 0.5) is 14.6 Å². The van der Waals surface area contributed by atoms with Crippen LogP contribution in [0.15, 0.2) is 47.8 Å². The van der Waals surface area contributed by atoms with Crippen LogP contribution in [-0.4, -0.2) is 37.6 Å². The fourth-order valence-corrected chi connectivity index (χ4v) is 4.79. The Morgan fingerprint density at radius 2 is 1.86 bits per heavy atom. The second-order valence-electron chi connectivity index (χ2n) is 9.84. The van der Waals surface area contributed by atoms with E-state index >= 15 is 0 Å². The lowest BCUT2D eigenvalue weighted by molar-refractivity contribution is -0.155. The largest absolute Gasteiger partial charge is 0.460 e. The van der Waals surface area contributed by atoms with E-state index in [2.05, 4.69) is 10.1 Å². The fraction of sp³-hybridized carbons (Fsp3) is 0.333. The molecule has 37 heavy (non-hydrogen) atoms. The molecule has 0 saturated carbocycles. The van der Waals surface area contributed by atoms with Crippen LogP contribution in [-0.2, 0) is 23.0 Å². The van der Waals surface area contributed by atoms with Gasteiger partial charge in [0.05, 0.1) is 17.6 Å². The molecule has 0 aliphatic heterocycles. The monoisotopic (exact) mass is 525 g/mol. The molecule has 194 valence electrons. The number of nitrogens with zero attached hydrogens (tertiary/aromatic N) is 4. The van der Waals surface area contributed by atoms with Gasteiger partial charge >= 0.3 is 5.97 Å². The van der Waals surface area contributed by atoms with Gasteiger partial charge in [-0.2, -0.15) is 5.10 Å². The lowest BCUT2D eigenvalue weighted by Crippen LogP contribution is -2.25. The van der Waals surface area contributed by atoms with Crippen LogP contribution in [0.3, 0.4) is 0 Å². The SMILES string of the molecule is CSc1ncc(-c2cccc3c(N)nn(C)c23)c([C@@H](CC(=O)OC(C)(C)C)Cc2cc(F)cc(F)c2)n1. The first-order valence-electron chi connectivity index (χ1n) is 11.7.